The van der Waals surface area contributed by atoms with E-state index in [4.69, 9.17) is 0 Å². The van der Waals surface area contributed by atoms with E-state index in [0.29, 0.717) is 29.9 Å². The molecule has 0 unspecified atom stereocenters. The Bertz CT molecular complexity index is 831. The molecule has 140 valence electrons. The number of nitrogens with one attached hydrogen (secondary N) is 3. The van der Waals surface area contributed by atoms with Crippen LogP contribution in [0.5, 0.6) is 0 Å². The minimum Gasteiger partial charge on any atom is -0.350 e. The van der Waals surface area contributed by atoms with Gasteiger partial charge in [0.05, 0.1) is 0 Å². The molecule has 0 spiro atoms. The number of anilines is 1. The van der Waals surface area contributed by atoms with Crippen LogP contribution < -0.4 is 16.0 Å². The lowest BCUT2D eigenvalue weighted by molar-refractivity contribution is -0.117. The fourth-order valence-electron chi connectivity index (χ4n) is 2.45. The number of rotatable bonds is 7. The molecule has 3 amide bonds. The molecule has 7 heteroatoms. The minimum absolute atomic E-state index is 0.0358. The van der Waals surface area contributed by atoms with Crippen LogP contribution in [0.25, 0.3) is 0 Å². The van der Waals surface area contributed by atoms with Crippen molar-refractivity contribution in [3.05, 3.63) is 64.1 Å². The summed E-state index contributed by atoms with van der Waals surface area (Å²) >= 11 is 3.32. The van der Waals surface area contributed by atoms with Gasteiger partial charge in [-0.1, -0.05) is 15.9 Å². The van der Waals surface area contributed by atoms with E-state index in [2.05, 4.69) is 31.9 Å². The van der Waals surface area contributed by atoms with Crippen LogP contribution in [-0.2, 0) is 4.79 Å². The number of hydrogen-bond donors (Lipinski definition) is 3. The van der Waals surface area contributed by atoms with Crippen molar-refractivity contribution in [2.45, 2.75) is 12.8 Å². The molecule has 6 nitrogen and oxygen atoms in total. The maximum atomic E-state index is 12.1. The van der Waals surface area contributed by atoms with Gasteiger partial charge in [0, 0.05) is 40.3 Å². The Kier molecular flexibility index (Phi) is 6.24. The fourth-order valence-corrected chi connectivity index (χ4v) is 2.72. The third-order valence-corrected chi connectivity index (χ3v) is 4.69. The SMILES string of the molecule is O=C(NCCNC(=O)c1ccc(NC(=O)C2CC2)cc1)c1ccc(Br)cc1. The number of benzene rings is 2. The molecule has 0 heterocycles. The van der Waals surface area contributed by atoms with Crippen molar-refractivity contribution in [2.75, 3.05) is 18.4 Å². The van der Waals surface area contributed by atoms with Gasteiger partial charge in [0.15, 0.2) is 0 Å². The van der Waals surface area contributed by atoms with Gasteiger partial charge in [-0.05, 0) is 61.4 Å². The van der Waals surface area contributed by atoms with E-state index < -0.39 is 0 Å². The summed E-state index contributed by atoms with van der Waals surface area (Å²) in [7, 11) is 0. The molecule has 3 rings (SSSR count). The lowest BCUT2D eigenvalue weighted by Gasteiger charge is -2.08. The largest absolute Gasteiger partial charge is 0.350 e. The smallest absolute Gasteiger partial charge is 0.251 e. The molecule has 0 saturated heterocycles. The van der Waals surface area contributed by atoms with E-state index in [1.54, 1.807) is 48.5 Å². The number of halogens is 1. The first-order valence-electron chi connectivity index (χ1n) is 8.76. The molecule has 1 aliphatic rings. The van der Waals surface area contributed by atoms with Crippen molar-refractivity contribution in [2.24, 2.45) is 5.92 Å². The van der Waals surface area contributed by atoms with Crippen LogP contribution in [0.3, 0.4) is 0 Å². The highest BCUT2D eigenvalue weighted by Crippen LogP contribution is 2.30. The van der Waals surface area contributed by atoms with E-state index in [-0.39, 0.29) is 23.6 Å². The molecule has 1 aliphatic carbocycles. The van der Waals surface area contributed by atoms with Crippen LogP contribution in [0.4, 0.5) is 5.69 Å². The first-order valence-corrected chi connectivity index (χ1v) is 9.55. The third-order valence-electron chi connectivity index (χ3n) is 4.17. The molecule has 3 N–H and O–H groups in total. The summed E-state index contributed by atoms with van der Waals surface area (Å²) < 4.78 is 0.907. The van der Waals surface area contributed by atoms with Crippen LogP contribution in [0, 0.1) is 5.92 Å². The zero-order chi connectivity index (χ0) is 19.2. The molecule has 0 bridgehead atoms. The first-order chi connectivity index (χ1) is 13.0. The quantitative estimate of drug-likeness (QED) is 0.591. The van der Waals surface area contributed by atoms with Crippen LogP contribution in [-0.4, -0.2) is 30.8 Å². The summed E-state index contributed by atoms with van der Waals surface area (Å²) in [6, 6.07) is 13.8. The molecule has 27 heavy (non-hydrogen) atoms. The van der Waals surface area contributed by atoms with Gasteiger partial charge < -0.3 is 16.0 Å². The average Bonchev–Trinajstić information content (AvgIpc) is 3.51. The van der Waals surface area contributed by atoms with Crippen LogP contribution in [0.15, 0.2) is 53.0 Å². The molecule has 1 saturated carbocycles. The Balaban J connectivity index is 1.40. The fraction of sp³-hybridized carbons (Fsp3) is 0.250. The summed E-state index contributed by atoms with van der Waals surface area (Å²) in [6.07, 6.45) is 1.90. The highest BCUT2D eigenvalue weighted by molar-refractivity contribution is 9.10. The van der Waals surface area contributed by atoms with Crippen LogP contribution in [0.1, 0.15) is 33.6 Å². The molecular formula is C20H20BrN3O3. The summed E-state index contributed by atoms with van der Waals surface area (Å²) in [5, 5.41) is 8.34. The van der Waals surface area contributed by atoms with Gasteiger partial charge in [-0.25, -0.2) is 0 Å². The van der Waals surface area contributed by atoms with Gasteiger partial charge in [0.1, 0.15) is 0 Å². The standard InChI is InChI=1S/C20H20BrN3O3/c21-16-7-3-13(4-8-16)18(25)22-11-12-23-19(26)14-5-9-17(10-6-14)24-20(27)15-1-2-15/h3-10,15H,1-2,11-12H2,(H,22,25)(H,23,26)(H,24,27). The Hall–Kier alpha value is -2.67. The highest BCUT2D eigenvalue weighted by atomic mass is 79.9. The molecule has 0 aromatic heterocycles. The maximum Gasteiger partial charge on any atom is 0.251 e. The zero-order valence-electron chi connectivity index (χ0n) is 14.6. The van der Waals surface area contributed by atoms with Crippen molar-refractivity contribution >= 4 is 39.3 Å². The van der Waals surface area contributed by atoms with Gasteiger partial charge in [-0.2, -0.15) is 0 Å². The van der Waals surface area contributed by atoms with Gasteiger partial charge in [-0.15, -0.1) is 0 Å². The number of carbonyl (C=O) groups excluding carboxylic acids is 3. The summed E-state index contributed by atoms with van der Waals surface area (Å²) in [5.41, 5.74) is 1.75. The predicted molar refractivity (Wildman–Crippen MR) is 107 cm³/mol. The molecule has 2 aromatic rings. The van der Waals surface area contributed by atoms with Crippen molar-refractivity contribution in [3.63, 3.8) is 0 Å². The Morgan fingerprint density at radius 3 is 1.78 bits per heavy atom. The van der Waals surface area contributed by atoms with E-state index in [1.807, 2.05) is 0 Å². The summed E-state index contributed by atoms with van der Waals surface area (Å²) in [4.78, 5) is 35.8. The normalized spacial score (nSPS) is 12.9. The van der Waals surface area contributed by atoms with Crippen LogP contribution in [0.2, 0.25) is 0 Å². The van der Waals surface area contributed by atoms with Crippen LogP contribution >= 0.6 is 15.9 Å². The Morgan fingerprint density at radius 1 is 0.815 bits per heavy atom. The van der Waals surface area contributed by atoms with E-state index in [0.717, 1.165) is 17.3 Å². The third kappa shape index (κ3) is 5.65. The summed E-state index contributed by atoms with van der Waals surface area (Å²) in [5.74, 6) is -0.241. The monoisotopic (exact) mass is 429 g/mol. The second-order valence-corrected chi connectivity index (χ2v) is 7.28. The van der Waals surface area contributed by atoms with Crippen molar-refractivity contribution in [1.29, 1.82) is 0 Å². The lowest BCUT2D eigenvalue weighted by Crippen LogP contribution is -2.34. The zero-order valence-corrected chi connectivity index (χ0v) is 16.2. The molecule has 0 aliphatic heterocycles. The van der Waals surface area contributed by atoms with Gasteiger partial charge in [0.25, 0.3) is 11.8 Å². The van der Waals surface area contributed by atoms with Gasteiger partial charge >= 0.3 is 0 Å². The second kappa shape index (κ2) is 8.81. The molecule has 0 atom stereocenters. The molecule has 2 aromatic carbocycles. The van der Waals surface area contributed by atoms with Gasteiger partial charge in [0.2, 0.25) is 5.91 Å². The van der Waals surface area contributed by atoms with Crippen molar-refractivity contribution in [1.82, 2.24) is 10.6 Å². The molecule has 0 radical (unpaired) electrons. The Morgan fingerprint density at radius 2 is 1.30 bits per heavy atom. The molecule has 1 fully saturated rings. The Labute approximate surface area is 165 Å². The predicted octanol–water partition coefficient (Wildman–Crippen LogP) is 2.96. The molecular weight excluding hydrogens is 410 g/mol. The van der Waals surface area contributed by atoms with Crippen molar-refractivity contribution < 1.29 is 14.4 Å². The lowest BCUT2D eigenvalue weighted by atomic mass is 10.2. The van der Waals surface area contributed by atoms with E-state index >= 15 is 0 Å². The minimum atomic E-state index is -0.229. The van der Waals surface area contributed by atoms with E-state index in [9.17, 15) is 14.4 Å². The topological polar surface area (TPSA) is 87.3 Å². The average molecular weight is 430 g/mol. The first kappa shape index (κ1) is 19.1. The van der Waals surface area contributed by atoms with Crippen molar-refractivity contribution in [3.8, 4) is 0 Å². The highest BCUT2D eigenvalue weighted by Gasteiger charge is 2.29. The number of amides is 3. The number of hydrogen-bond acceptors (Lipinski definition) is 3. The maximum absolute atomic E-state index is 12.1. The summed E-state index contributed by atoms with van der Waals surface area (Å²) in [6.45, 7) is 0.650. The van der Waals surface area contributed by atoms with E-state index in [1.165, 1.54) is 0 Å². The van der Waals surface area contributed by atoms with Gasteiger partial charge in [-0.3, -0.25) is 14.4 Å². The number of carbonyl (C=O) groups is 3. The second-order valence-electron chi connectivity index (χ2n) is 6.36.